The van der Waals surface area contributed by atoms with Crippen LogP contribution in [0.15, 0.2) is 48.5 Å². The lowest BCUT2D eigenvalue weighted by Gasteiger charge is -2.10. The van der Waals surface area contributed by atoms with Gasteiger partial charge in [-0.1, -0.05) is 43.1 Å². The molecule has 0 fully saturated rings. The second-order valence-electron chi connectivity index (χ2n) is 5.03. The van der Waals surface area contributed by atoms with E-state index in [-0.39, 0.29) is 0 Å². The molecule has 1 N–H and O–H groups in total. The zero-order valence-corrected chi connectivity index (χ0v) is 13.2. The lowest BCUT2D eigenvalue weighted by Crippen LogP contribution is -2.05. The number of rotatable bonds is 8. The minimum Gasteiger partial charge on any atom is -0.494 e. The summed E-state index contributed by atoms with van der Waals surface area (Å²) in [6.45, 7) is 3.84. The van der Waals surface area contributed by atoms with Gasteiger partial charge in [-0.2, -0.15) is 0 Å². The molecule has 0 amide bonds. The topological polar surface area (TPSA) is 21.3 Å². The number of ether oxygens (including phenoxy) is 1. The third-order valence-corrected chi connectivity index (χ3v) is 3.51. The summed E-state index contributed by atoms with van der Waals surface area (Å²) in [4.78, 5) is 0. The van der Waals surface area contributed by atoms with Gasteiger partial charge in [0.2, 0.25) is 0 Å². The number of unbranched alkanes of at least 4 members (excludes halogenated alkanes) is 1. The van der Waals surface area contributed by atoms with Gasteiger partial charge in [-0.3, -0.25) is 0 Å². The van der Waals surface area contributed by atoms with E-state index >= 15 is 0 Å². The van der Waals surface area contributed by atoms with Gasteiger partial charge in [0.25, 0.3) is 0 Å². The van der Waals surface area contributed by atoms with Crippen molar-refractivity contribution >= 4 is 17.3 Å². The Hall–Kier alpha value is -1.67. The molecule has 0 spiro atoms. The van der Waals surface area contributed by atoms with Crippen LogP contribution in [-0.4, -0.2) is 13.2 Å². The van der Waals surface area contributed by atoms with Crippen LogP contribution < -0.4 is 10.1 Å². The molecule has 0 aliphatic rings. The molecule has 0 saturated heterocycles. The van der Waals surface area contributed by atoms with E-state index in [4.69, 9.17) is 16.3 Å². The van der Waals surface area contributed by atoms with Crippen molar-refractivity contribution in [3.05, 3.63) is 59.1 Å². The third kappa shape index (κ3) is 5.68. The van der Waals surface area contributed by atoms with Gasteiger partial charge >= 0.3 is 0 Å². The first kappa shape index (κ1) is 15.7. The molecule has 112 valence electrons. The molecule has 2 nitrogen and oxygen atoms in total. The van der Waals surface area contributed by atoms with E-state index in [0.717, 1.165) is 48.9 Å². The molecule has 2 rings (SSSR count). The van der Waals surface area contributed by atoms with Gasteiger partial charge in [0, 0.05) is 23.3 Å². The summed E-state index contributed by atoms with van der Waals surface area (Å²) in [5.41, 5.74) is 2.38. The maximum atomic E-state index is 5.88. The van der Waals surface area contributed by atoms with Crippen molar-refractivity contribution in [1.82, 2.24) is 0 Å². The molecule has 0 atom stereocenters. The van der Waals surface area contributed by atoms with Crippen LogP contribution in [0.1, 0.15) is 25.3 Å². The number of anilines is 1. The Morgan fingerprint density at radius 1 is 1.10 bits per heavy atom. The second kappa shape index (κ2) is 8.58. The van der Waals surface area contributed by atoms with Crippen LogP contribution >= 0.6 is 11.6 Å². The largest absolute Gasteiger partial charge is 0.494 e. The van der Waals surface area contributed by atoms with E-state index in [1.165, 1.54) is 5.56 Å². The van der Waals surface area contributed by atoms with Crippen LogP contribution in [0.2, 0.25) is 5.02 Å². The summed E-state index contributed by atoms with van der Waals surface area (Å²) >= 11 is 5.88. The van der Waals surface area contributed by atoms with Crippen molar-refractivity contribution < 1.29 is 4.74 Å². The number of benzene rings is 2. The molecule has 0 aliphatic heterocycles. The molecule has 0 aromatic heterocycles. The number of hydrogen-bond acceptors (Lipinski definition) is 2. The predicted octanol–water partition coefficient (Wildman–Crippen LogP) is 5.17. The summed E-state index contributed by atoms with van der Waals surface area (Å²) in [5.74, 6) is 0.931. The minimum absolute atomic E-state index is 0.781. The lowest BCUT2D eigenvalue weighted by atomic mass is 10.1. The van der Waals surface area contributed by atoms with Crippen molar-refractivity contribution in [3.8, 4) is 5.75 Å². The Kier molecular flexibility index (Phi) is 6.42. The molecule has 2 aromatic rings. The zero-order chi connectivity index (χ0) is 14.9. The van der Waals surface area contributed by atoms with Crippen LogP contribution in [0.25, 0.3) is 0 Å². The predicted molar refractivity (Wildman–Crippen MR) is 90.5 cm³/mol. The van der Waals surface area contributed by atoms with Crippen LogP contribution in [0.4, 0.5) is 5.69 Å². The Morgan fingerprint density at radius 2 is 1.90 bits per heavy atom. The summed E-state index contributed by atoms with van der Waals surface area (Å²) in [6, 6.07) is 16.1. The third-order valence-electron chi connectivity index (χ3n) is 3.26. The van der Waals surface area contributed by atoms with Gasteiger partial charge in [0.1, 0.15) is 5.75 Å². The van der Waals surface area contributed by atoms with Crippen molar-refractivity contribution in [2.45, 2.75) is 26.2 Å². The molecule has 3 heteroatoms. The van der Waals surface area contributed by atoms with E-state index in [0.29, 0.717) is 0 Å². The summed E-state index contributed by atoms with van der Waals surface area (Å²) in [5, 5.41) is 4.21. The highest BCUT2D eigenvalue weighted by atomic mass is 35.5. The molecular formula is C18H22ClNO. The fourth-order valence-electron chi connectivity index (χ4n) is 2.03. The van der Waals surface area contributed by atoms with Gasteiger partial charge in [-0.15, -0.1) is 0 Å². The molecule has 21 heavy (non-hydrogen) atoms. The van der Waals surface area contributed by atoms with E-state index in [1.54, 1.807) is 0 Å². The Bertz CT molecular complexity index is 539. The van der Waals surface area contributed by atoms with E-state index < -0.39 is 0 Å². The normalized spacial score (nSPS) is 10.4. The molecule has 0 radical (unpaired) electrons. The van der Waals surface area contributed by atoms with E-state index in [2.05, 4.69) is 36.5 Å². The molecule has 0 bridgehead atoms. The maximum absolute atomic E-state index is 5.88. The maximum Gasteiger partial charge on any atom is 0.121 e. The van der Waals surface area contributed by atoms with Gasteiger partial charge in [-0.05, 0) is 42.7 Å². The summed E-state index contributed by atoms with van der Waals surface area (Å²) in [7, 11) is 0. The van der Waals surface area contributed by atoms with Gasteiger partial charge < -0.3 is 10.1 Å². The quantitative estimate of drug-likeness (QED) is 0.679. The smallest absolute Gasteiger partial charge is 0.121 e. The van der Waals surface area contributed by atoms with Crippen molar-refractivity contribution in [2.75, 3.05) is 18.5 Å². The average Bonchev–Trinajstić information content (AvgIpc) is 2.50. The second-order valence-corrected chi connectivity index (χ2v) is 5.47. The van der Waals surface area contributed by atoms with Crippen molar-refractivity contribution in [3.63, 3.8) is 0 Å². The zero-order valence-electron chi connectivity index (χ0n) is 12.4. The van der Waals surface area contributed by atoms with Crippen LogP contribution in [0.3, 0.4) is 0 Å². The molecule has 0 unspecified atom stereocenters. The van der Waals surface area contributed by atoms with E-state index in [9.17, 15) is 0 Å². The highest BCUT2D eigenvalue weighted by Crippen LogP contribution is 2.18. The van der Waals surface area contributed by atoms with Crippen LogP contribution in [-0.2, 0) is 6.42 Å². The lowest BCUT2D eigenvalue weighted by molar-refractivity contribution is 0.309. The molecule has 0 saturated carbocycles. The van der Waals surface area contributed by atoms with E-state index in [1.807, 2.05) is 24.3 Å². The number of hydrogen-bond donors (Lipinski definition) is 1. The van der Waals surface area contributed by atoms with Crippen LogP contribution in [0.5, 0.6) is 5.75 Å². The van der Waals surface area contributed by atoms with Gasteiger partial charge in [-0.25, -0.2) is 0 Å². The van der Waals surface area contributed by atoms with Crippen molar-refractivity contribution in [2.24, 2.45) is 0 Å². The van der Waals surface area contributed by atoms with Gasteiger partial charge in [0.15, 0.2) is 0 Å². The first-order valence-corrected chi connectivity index (χ1v) is 7.87. The SMILES string of the molecule is CCCCOc1cccc(NCCc2ccc(Cl)cc2)c1. The highest BCUT2D eigenvalue weighted by molar-refractivity contribution is 6.30. The standard InChI is InChI=1S/C18H22ClNO/c1-2-3-13-21-18-6-4-5-17(14-18)20-12-11-15-7-9-16(19)10-8-15/h4-10,14,20H,2-3,11-13H2,1H3. The van der Waals surface area contributed by atoms with Crippen LogP contribution in [0, 0.1) is 0 Å². The van der Waals surface area contributed by atoms with Gasteiger partial charge in [0.05, 0.1) is 6.61 Å². The monoisotopic (exact) mass is 303 g/mol. The fraction of sp³-hybridized carbons (Fsp3) is 0.333. The summed E-state index contributed by atoms with van der Waals surface area (Å²) < 4.78 is 5.71. The number of nitrogens with one attached hydrogen (secondary N) is 1. The highest BCUT2D eigenvalue weighted by Gasteiger charge is 1.98. The molecule has 0 aliphatic carbocycles. The average molecular weight is 304 g/mol. The van der Waals surface area contributed by atoms with Crippen molar-refractivity contribution in [1.29, 1.82) is 0 Å². The molecule has 0 heterocycles. The Labute approximate surface area is 132 Å². The Balaban J connectivity index is 1.79. The minimum atomic E-state index is 0.781. The first-order chi connectivity index (χ1) is 10.3. The molecular weight excluding hydrogens is 282 g/mol. The number of halogens is 1. The molecule has 2 aromatic carbocycles. The first-order valence-electron chi connectivity index (χ1n) is 7.49. The fourth-order valence-corrected chi connectivity index (χ4v) is 2.16. The summed E-state index contributed by atoms with van der Waals surface area (Å²) in [6.07, 6.45) is 3.21. The Morgan fingerprint density at radius 3 is 2.67 bits per heavy atom.